The van der Waals surface area contributed by atoms with Crippen molar-refractivity contribution in [3.8, 4) is 0 Å². The number of nitrogens with zero attached hydrogens (tertiary/aromatic N) is 1. The molecule has 1 saturated carbocycles. The first-order valence-corrected chi connectivity index (χ1v) is 8.95. The lowest BCUT2D eigenvalue weighted by Gasteiger charge is -2.18. The van der Waals surface area contributed by atoms with E-state index in [1.54, 1.807) is 11.9 Å². The van der Waals surface area contributed by atoms with Crippen molar-refractivity contribution in [2.24, 2.45) is 5.92 Å². The highest BCUT2D eigenvalue weighted by Gasteiger charge is 2.29. The minimum Gasteiger partial charge on any atom is -0.334 e. The first-order valence-electron chi connectivity index (χ1n) is 8.95. The van der Waals surface area contributed by atoms with Crippen LogP contribution in [0.25, 0.3) is 0 Å². The van der Waals surface area contributed by atoms with E-state index in [2.05, 4.69) is 10.6 Å². The van der Waals surface area contributed by atoms with Gasteiger partial charge in [-0.2, -0.15) is 0 Å². The molecule has 1 aliphatic carbocycles. The smallest absolute Gasteiger partial charge is 0.317 e. The molecular formula is C21H25N3O2. The number of carbonyl (C=O) groups is 2. The Labute approximate surface area is 154 Å². The summed E-state index contributed by atoms with van der Waals surface area (Å²) >= 11 is 0. The number of urea groups is 1. The van der Waals surface area contributed by atoms with Crippen LogP contribution in [-0.2, 0) is 17.9 Å². The quantitative estimate of drug-likeness (QED) is 0.834. The third-order valence-corrected chi connectivity index (χ3v) is 4.47. The maximum Gasteiger partial charge on any atom is 0.317 e. The molecule has 5 heteroatoms. The molecule has 5 nitrogen and oxygen atoms in total. The second-order valence-corrected chi connectivity index (χ2v) is 6.96. The lowest BCUT2D eigenvalue weighted by molar-refractivity contribution is -0.117. The standard InChI is InChI=1S/C21H25N3O2/c1-15-6-8-16(9-7-15)14-24(2)21(26)22-13-17-4-3-5-19(12-17)23-20(25)18-10-11-18/h3-9,12,18H,10-11,13-14H2,1-2H3,(H,22,26)(H,23,25). The number of carbonyl (C=O) groups excluding carboxylic acids is 2. The van der Waals surface area contributed by atoms with Crippen LogP contribution >= 0.6 is 0 Å². The molecule has 3 amide bonds. The van der Waals surface area contributed by atoms with E-state index < -0.39 is 0 Å². The first kappa shape index (κ1) is 18.0. The van der Waals surface area contributed by atoms with Crippen molar-refractivity contribution in [1.82, 2.24) is 10.2 Å². The number of nitrogens with one attached hydrogen (secondary N) is 2. The predicted octanol–water partition coefficient (Wildman–Crippen LogP) is 3.69. The van der Waals surface area contributed by atoms with Gasteiger partial charge in [0.05, 0.1) is 0 Å². The molecule has 2 N–H and O–H groups in total. The summed E-state index contributed by atoms with van der Waals surface area (Å²) in [5.41, 5.74) is 4.03. The van der Waals surface area contributed by atoms with Crippen LogP contribution in [0.5, 0.6) is 0 Å². The van der Waals surface area contributed by atoms with Gasteiger partial charge in [0.2, 0.25) is 5.91 Å². The zero-order valence-electron chi connectivity index (χ0n) is 15.3. The van der Waals surface area contributed by atoms with Gasteiger partial charge in [-0.15, -0.1) is 0 Å². The average molecular weight is 351 g/mol. The van der Waals surface area contributed by atoms with Gasteiger partial charge in [0.15, 0.2) is 0 Å². The molecule has 136 valence electrons. The second-order valence-electron chi connectivity index (χ2n) is 6.96. The molecule has 1 fully saturated rings. The van der Waals surface area contributed by atoms with Crippen molar-refractivity contribution < 1.29 is 9.59 Å². The van der Waals surface area contributed by atoms with Gasteiger partial charge in [-0.05, 0) is 43.0 Å². The fraction of sp³-hybridized carbons (Fsp3) is 0.333. The van der Waals surface area contributed by atoms with Crippen molar-refractivity contribution >= 4 is 17.6 Å². The largest absolute Gasteiger partial charge is 0.334 e. The SMILES string of the molecule is Cc1ccc(CN(C)C(=O)NCc2cccc(NC(=O)C3CC3)c2)cc1. The van der Waals surface area contributed by atoms with Gasteiger partial charge in [0.25, 0.3) is 0 Å². The van der Waals surface area contributed by atoms with Gasteiger partial charge in [0, 0.05) is 31.7 Å². The molecule has 0 aliphatic heterocycles. The van der Waals surface area contributed by atoms with Crippen LogP contribution in [0.3, 0.4) is 0 Å². The van der Waals surface area contributed by atoms with Crippen LogP contribution in [0.1, 0.15) is 29.5 Å². The molecule has 0 bridgehead atoms. The number of benzene rings is 2. The van der Waals surface area contributed by atoms with E-state index in [1.807, 2.05) is 55.5 Å². The van der Waals surface area contributed by atoms with Crippen LogP contribution in [-0.4, -0.2) is 23.9 Å². The van der Waals surface area contributed by atoms with Crippen molar-refractivity contribution in [2.75, 3.05) is 12.4 Å². The Morgan fingerprint density at radius 1 is 1.08 bits per heavy atom. The molecular weight excluding hydrogens is 326 g/mol. The number of hydrogen-bond donors (Lipinski definition) is 2. The molecule has 1 aliphatic rings. The number of anilines is 1. The zero-order valence-corrected chi connectivity index (χ0v) is 15.3. The Bertz CT molecular complexity index is 782. The Balaban J connectivity index is 1.50. The van der Waals surface area contributed by atoms with Crippen molar-refractivity contribution in [3.05, 3.63) is 65.2 Å². The van der Waals surface area contributed by atoms with Gasteiger partial charge in [0.1, 0.15) is 0 Å². The Morgan fingerprint density at radius 3 is 2.50 bits per heavy atom. The van der Waals surface area contributed by atoms with Gasteiger partial charge >= 0.3 is 6.03 Å². The highest BCUT2D eigenvalue weighted by molar-refractivity contribution is 5.94. The van der Waals surface area contributed by atoms with Crippen LogP contribution in [0, 0.1) is 12.8 Å². The van der Waals surface area contributed by atoms with Crippen LogP contribution in [0.4, 0.5) is 10.5 Å². The predicted molar refractivity (Wildman–Crippen MR) is 103 cm³/mol. The monoisotopic (exact) mass is 351 g/mol. The summed E-state index contributed by atoms with van der Waals surface area (Å²) in [4.78, 5) is 25.8. The van der Waals surface area contributed by atoms with Crippen molar-refractivity contribution in [1.29, 1.82) is 0 Å². The third kappa shape index (κ3) is 5.09. The van der Waals surface area contributed by atoms with E-state index in [9.17, 15) is 9.59 Å². The fourth-order valence-electron chi connectivity index (χ4n) is 2.70. The Hall–Kier alpha value is -2.82. The topological polar surface area (TPSA) is 61.4 Å². The Morgan fingerprint density at radius 2 is 1.81 bits per heavy atom. The molecule has 0 atom stereocenters. The molecule has 2 aromatic carbocycles. The van der Waals surface area contributed by atoms with Crippen LogP contribution < -0.4 is 10.6 Å². The number of aryl methyl sites for hydroxylation is 1. The van der Waals surface area contributed by atoms with E-state index in [-0.39, 0.29) is 17.9 Å². The summed E-state index contributed by atoms with van der Waals surface area (Å²) in [5.74, 6) is 0.262. The summed E-state index contributed by atoms with van der Waals surface area (Å²) in [6.07, 6.45) is 1.96. The van der Waals surface area contributed by atoms with Crippen molar-refractivity contribution in [2.45, 2.75) is 32.9 Å². The summed E-state index contributed by atoms with van der Waals surface area (Å²) in [6.45, 7) is 3.02. The maximum atomic E-state index is 12.3. The number of hydrogen-bond acceptors (Lipinski definition) is 2. The second kappa shape index (κ2) is 8.04. The van der Waals surface area contributed by atoms with Gasteiger partial charge in [-0.1, -0.05) is 42.0 Å². The molecule has 0 unspecified atom stereocenters. The van der Waals surface area contributed by atoms with E-state index >= 15 is 0 Å². The molecule has 26 heavy (non-hydrogen) atoms. The molecule has 2 aromatic rings. The Kier molecular flexibility index (Phi) is 5.56. The lowest BCUT2D eigenvalue weighted by Crippen LogP contribution is -2.36. The maximum absolute atomic E-state index is 12.3. The molecule has 0 aromatic heterocycles. The fourth-order valence-corrected chi connectivity index (χ4v) is 2.70. The van der Waals surface area contributed by atoms with E-state index in [1.165, 1.54) is 5.56 Å². The molecule has 3 rings (SSSR count). The normalized spacial score (nSPS) is 13.2. The number of rotatable bonds is 6. The van der Waals surface area contributed by atoms with Crippen LogP contribution in [0.2, 0.25) is 0 Å². The summed E-state index contributed by atoms with van der Waals surface area (Å²) < 4.78 is 0. The highest BCUT2D eigenvalue weighted by atomic mass is 16.2. The average Bonchev–Trinajstić information content (AvgIpc) is 3.47. The zero-order chi connectivity index (χ0) is 18.5. The van der Waals surface area contributed by atoms with Gasteiger partial charge in [-0.25, -0.2) is 4.79 Å². The summed E-state index contributed by atoms with van der Waals surface area (Å²) in [6, 6.07) is 15.6. The first-order chi connectivity index (χ1) is 12.5. The van der Waals surface area contributed by atoms with Gasteiger partial charge < -0.3 is 15.5 Å². The van der Waals surface area contributed by atoms with E-state index in [0.717, 1.165) is 29.7 Å². The molecule has 0 radical (unpaired) electrons. The van der Waals surface area contributed by atoms with E-state index in [0.29, 0.717) is 13.1 Å². The van der Waals surface area contributed by atoms with Gasteiger partial charge in [-0.3, -0.25) is 4.79 Å². The van der Waals surface area contributed by atoms with Crippen molar-refractivity contribution in [3.63, 3.8) is 0 Å². The lowest BCUT2D eigenvalue weighted by atomic mass is 10.1. The molecule has 0 heterocycles. The summed E-state index contributed by atoms with van der Waals surface area (Å²) in [7, 11) is 1.78. The molecule has 0 saturated heterocycles. The third-order valence-electron chi connectivity index (χ3n) is 4.47. The number of amides is 3. The highest BCUT2D eigenvalue weighted by Crippen LogP contribution is 2.30. The summed E-state index contributed by atoms with van der Waals surface area (Å²) in [5, 5.41) is 5.85. The minimum atomic E-state index is -0.127. The van der Waals surface area contributed by atoms with Crippen LogP contribution in [0.15, 0.2) is 48.5 Å². The van der Waals surface area contributed by atoms with E-state index in [4.69, 9.17) is 0 Å². The minimum absolute atomic E-state index is 0.0871. The molecule has 0 spiro atoms.